The number of carbonyl (C=O) groups is 1. The third kappa shape index (κ3) is 1.46. The minimum Gasteiger partial charge on any atom is -0.398 e. The first-order valence-corrected chi connectivity index (χ1v) is 8.42. The van der Waals surface area contributed by atoms with Gasteiger partial charge in [0.1, 0.15) is 0 Å². The van der Waals surface area contributed by atoms with Crippen molar-refractivity contribution in [2.24, 2.45) is 0 Å². The third-order valence-electron chi connectivity index (χ3n) is 3.56. The number of fused-ring (bicyclic) bond motifs is 2. The smallest absolute Gasteiger partial charge is 0.196 e. The maximum Gasteiger partial charge on any atom is 0.196 e. The van der Waals surface area contributed by atoms with Gasteiger partial charge in [-0.1, -0.05) is 31.9 Å². The largest absolute Gasteiger partial charge is 0.398 e. The molecule has 2 aromatic carbocycles. The average Bonchev–Trinajstić information content (AvgIpc) is 2.84. The van der Waals surface area contributed by atoms with Gasteiger partial charge in [0.15, 0.2) is 5.78 Å². The van der Waals surface area contributed by atoms with Gasteiger partial charge in [-0.3, -0.25) is 4.79 Å². The molecule has 98 valence electrons. The zero-order chi connectivity index (χ0) is 14.0. The summed E-state index contributed by atoms with van der Waals surface area (Å²) in [6, 6.07) is 7.47. The molecule has 3 nitrogen and oxygen atoms in total. The summed E-state index contributed by atoms with van der Waals surface area (Å²) in [7, 11) is 0.299. The van der Waals surface area contributed by atoms with Crippen LogP contribution in [0.1, 0.15) is 15.9 Å². The first-order valence-electron chi connectivity index (χ1n) is 5.89. The predicted octanol–water partition coefficient (Wildman–Crippen LogP) is 4.58. The van der Waals surface area contributed by atoms with Crippen LogP contribution in [0.2, 0.25) is 0 Å². The number of hydrogen-bond donors (Lipinski definition) is 1. The molecule has 1 atom stereocenters. The Bertz CT molecular complexity index is 917. The van der Waals surface area contributed by atoms with Crippen LogP contribution in [0.5, 0.6) is 0 Å². The van der Waals surface area contributed by atoms with Crippen LogP contribution < -0.4 is 5.73 Å². The van der Waals surface area contributed by atoms with Gasteiger partial charge >= 0.3 is 0 Å². The summed E-state index contributed by atoms with van der Waals surface area (Å²) in [5.41, 5.74) is 9.82. The number of hydrogen-bond acceptors (Lipinski definition) is 3. The highest BCUT2D eigenvalue weighted by molar-refractivity contribution is 9.11. The third-order valence-corrected chi connectivity index (χ3v) is 5.96. The Labute approximate surface area is 133 Å². The molecule has 0 radical (unpaired) electrons. The topological polar surface area (TPSA) is 56.0 Å². The molecule has 1 aliphatic rings. The van der Waals surface area contributed by atoms with Crippen LogP contribution in [0.25, 0.3) is 21.8 Å². The molecule has 20 heavy (non-hydrogen) atoms. The molecule has 2 N–H and O–H groups in total. The van der Waals surface area contributed by atoms with E-state index >= 15 is 0 Å². The number of carbonyl (C=O) groups excluding carboxylic acids is 1. The van der Waals surface area contributed by atoms with Crippen LogP contribution in [0, 0.1) is 0 Å². The Morgan fingerprint density at radius 2 is 1.70 bits per heavy atom. The minimum atomic E-state index is -0.00597. The van der Waals surface area contributed by atoms with Crippen LogP contribution >= 0.6 is 40.2 Å². The summed E-state index contributed by atoms with van der Waals surface area (Å²) >= 11 is 6.96. The quantitative estimate of drug-likeness (QED) is 0.432. The van der Waals surface area contributed by atoms with Crippen molar-refractivity contribution in [1.82, 2.24) is 4.75 Å². The molecular weight excluding hydrogens is 403 g/mol. The van der Waals surface area contributed by atoms with Gasteiger partial charge in [0.2, 0.25) is 0 Å². The Balaban J connectivity index is 2.29. The lowest BCUT2D eigenvalue weighted by atomic mass is 9.87. The summed E-state index contributed by atoms with van der Waals surface area (Å²) in [4.78, 5) is 12.9. The fourth-order valence-electron chi connectivity index (χ4n) is 2.70. The van der Waals surface area contributed by atoms with Crippen molar-refractivity contribution in [2.45, 2.75) is 0 Å². The number of nitrogen functional groups attached to an aromatic ring is 1. The van der Waals surface area contributed by atoms with E-state index < -0.39 is 0 Å². The van der Waals surface area contributed by atoms with Crippen molar-refractivity contribution in [2.75, 3.05) is 5.73 Å². The SMILES string of the molecule is Nc1ccc(Br)c2c1-c1[pH]nc3ccc(Br)c(c13)C2=O. The molecule has 0 bridgehead atoms. The molecule has 1 aromatic heterocycles. The predicted molar refractivity (Wildman–Crippen MR) is 89.9 cm³/mol. The van der Waals surface area contributed by atoms with E-state index in [0.29, 0.717) is 25.2 Å². The van der Waals surface area contributed by atoms with Gasteiger partial charge in [-0.15, -0.1) is 0 Å². The highest BCUT2D eigenvalue weighted by Crippen LogP contribution is 2.49. The Morgan fingerprint density at radius 1 is 1.00 bits per heavy atom. The number of aromatic nitrogens is 1. The molecule has 1 aliphatic carbocycles. The Hall–Kier alpha value is -1.16. The number of rotatable bonds is 0. The zero-order valence-electron chi connectivity index (χ0n) is 10.00. The number of halogens is 2. The van der Waals surface area contributed by atoms with E-state index in [2.05, 4.69) is 36.6 Å². The zero-order valence-corrected chi connectivity index (χ0v) is 14.2. The van der Waals surface area contributed by atoms with Gasteiger partial charge in [0, 0.05) is 42.0 Å². The van der Waals surface area contributed by atoms with Gasteiger partial charge in [-0.2, -0.15) is 0 Å². The minimum absolute atomic E-state index is 0.00597. The molecule has 1 unspecified atom stereocenters. The second-order valence-corrected chi connectivity index (χ2v) is 7.29. The van der Waals surface area contributed by atoms with E-state index in [1.165, 1.54) is 0 Å². The highest BCUT2D eigenvalue weighted by atomic mass is 79.9. The van der Waals surface area contributed by atoms with Crippen molar-refractivity contribution in [3.63, 3.8) is 0 Å². The molecule has 0 aliphatic heterocycles. The van der Waals surface area contributed by atoms with E-state index in [-0.39, 0.29) is 5.78 Å². The molecule has 0 saturated carbocycles. The van der Waals surface area contributed by atoms with E-state index in [4.69, 9.17) is 5.73 Å². The summed E-state index contributed by atoms with van der Waals surface area (Å²) in [5.74, 6) is -0.00597. The van der Waals surface area contributed by atoms with Crippen molar-refractivity contribution < 1.29 is 4.79 Å². The van der Waals surface area contributed by atoms with Gasteiger partial charge in [0.25, 0.3) is 0 Å². The van der Waals surface area contributed by atoms with Crippen LogP contribution in [0.3, 0.4) is 0 Å². The van der Waals surface area contributed by atoms with Crippen LogP contribution in [-0.4, -0.2) is 10.5 Å². The van der Waals surface area contributed by atoms with Crippen molar-refractivity contribution in [3.05, 3.63) is 44.3 Å². The summed E-state index contributed by atoms with van der Waals surface area (Å²) in [6.07, 6.45) is 0. The normalized spacial score (nSPS) is 13.2. The second kappa shape index (κ2) is 4.17. The van der Waals surface area contributed by atoms with Crippen LogP contribution in [0.4, 0.5) is 5.69 Å². The molecule has 4 rings (SSSR count). The van der Waals surface area contributed by atoms with E-state index in [9.17, 15) is 4.79 Å². The molecule has 0 amide bonds. The highest BCUT2D eigenvalue weighted by Gasteiger charge is 2.31. The molecule has 0 saturated heterocycles. The van der Waals surface area contributed by atoms with Crippen molar-refractivity contribution in [1.29, 1.82) is 0 Å². The number of ketones is 1. The number of benzene rings is 2. The lowest BCUT2D eigenvalue weighted by Crippen LogP contribution is -2.11. The van der Waals surface area contributed by atoms with Crippen molar-refractivity contribution in [3.8, 4) is 10.9 Å². The van der Waals surface area contributed by atoms with Crippen LogP contribution in [-0.2, 0) is 0 Å². The van der Waals surface area contributed by atoms with Gasteiger partial charge < -0.3 is 5.73 Å². The monoisotopic (exact) mass is 408 g/mol. The fourth-order valence-corrected chi connectivity index (χ4v) is 4.88. The van der Waals surface area contributed by atoms with Crippen molar-refractivity contribution >= 4 is 62.6 Å². The lowest BCUT2D eigenvalue weighted by molar-refractivity contribution is 0.103. The maximum absolute atomic E-state index is 12.9. The maximum atomic E-state index is 12.9. The summed E-state index contributed by atoms with van der Waals surface area (Å²) < 4.78 is 6.13. The summed E-state index contributed by atoms with van der Waals surface area (Å²) in [6.45, 7) is 0. The van der Waals surface area contributed by atoms with E-state index in [1.807, 2.05) is 24.3 Å². The molecular formula is C14H7Br2N2OP. The van der Waals surface area contributed by atoms with Gasteiger partial charge in [0.05, 0.1) is 5.52 Å². The first-order chi connectivity index (χ1) is 9.59. The lowest BCUT2D eigenvalue weighted by Gasteiger charge is -2.19. The summed E-state index contributed by atoms with van der Waals surface area (Å²) in [5, 5.41) is 2.02. The number of nitrogens with zero attached hydrogens (tertiary/aromatic N) is 1. The Morgan fingerprint density at radius 3 is 2.50 bits per heavy atom. The Kier molecular flexibility index (Phi) is 2.62. The number of anilines is 1. The molecule has 0 spiro atoms. The second-order valence-electron chi connectivity index (χ2n) is 4.63. The van der Waals surface area contributed by atoms with Crippen LogP contribution in [0.15, 0.2) is 33.2 Å². The molecule has 1 heterocycles. The van der Waals surface area contributed by atoms with E-state index in [0.717, 1.165) is 30.7 Å². The first kappa shape index (κ1) is 12.6. The standard InChI is InChI=1S/C14H7Br2N2OP/c15-5-1-3-7(17)11-9(5)13(19)10-6(16)2-4-8-12(10)14(11)20-18-8/h1-4,20H,17H2. The van der Waals surface area contributed by atoms with Gasteiger partial charge in [-0.25, -0.2) is 4.75 Å². The molecule has 0 fully saturated rings. The molecule has 3 aromatic rings. The molecule has 6 heteroatoms. The van der Waals surface area contributed by atoms with Gasteiger partial charge in [-0.05, 0) is 32.6 Å². The van der Waals surface area contributed by atoms with E-state index in [1.54, 1.807) is 0 Å². The number of nitrogens with two attached hydrogens (primary N) is 1. The average molecular weight is 410 g/mol. The fraction of sp³-hybridized carbons (Fsp3) is 0.